The number of nitrogens with one attached hydrogen (secondary N) is 10. The molecule has 11 N–H and O–H groups in total. The van der Waals surface area contributed by atoms with Gasteiger partial charge < -0.3 is 72.3 Å². The summed E-state index contributed by atoms with van der Waals surface area (Å²) in [6.45, 7) is 10.2. The molecule has 3 aliphatic heterocycles. The maximum atomic E-state index is 14.6. The van der Waals surface area contributed by atoms with Crippen LogP contribution in [0.15, 0.2) is 23.2 Å². The number of nitrogens with zero attached hydrogens (tertiary/aromatic N) is 1. The zero-order chi connectivity index (χ0) is 54.6. The molecule has 2 bridgehead atoms. The molecule has 0 saturated carbocycles. The Morgan fingerprint density at radius 3 is 2.12 bits per heavy atom. The van der Waals surface area contributed by atoms with E-state index in [4.69, 9.17) is 9.47 Å². The molecule has 406 valence electrons. The van der Waals surface area contributed by atoms with Crippen molar-refractivity contribution in [2.75, 3.05) is 44.4 Å². The molecule has 1 aromatic heterocycles. The topological polar surface area (TPSA) is 354 Å². The Labute approximate surface area is 432 Å². The number of hydrogen-bond acceptors (Lipinski definition) is 15. The van der Waals surface area contributed by atoms with Crippen LogP contribution in [0.25, 0.3) is 10.9 Å². The van der Waals surface area contributed by atoms with Crippen molar-refractivity contribution in [2.45, 2.75) is 140 Å². The number of benzene rings is 1. The molecule has 1 saturated heterocycles. The second-order valence-corrected chi connectivity index (χ2v) is 20.6. The number of carbonyl (C=O) groups is 11. The normalized spacial score (nSPS) is 24.8. The summed E-state index contributed by atoms with van der Waals surface area (Å²) in [6.07, 6.45) is -2.69. The zero-order valence-electron chi connectivity index (χ0n) is 42.8. The van der Waals surface area contributed by atoms with Crippen molar-refractivity contribution in [3.8, 4) is 0 Å². The lowest BCUT2D eigenvalue weighted by molar-refractivity contribution is -0.148. The third-order valence-electron chi connectivity index (χ3n) is 12.8. The van der Waals surface area contributed by atoms with Crippen LogP contribution >= 0.6 is 11.8 Å². The van der Waals surface area contributed by atoms with Crippen molar-refractivity contribution >= 4 is 93.6 Å². The number of esters is 1. The average molecular weight is 1060 g/mol. The van der Waals surface area contributed by atoms with Gasteiger partial charge in [-0.3, -0.25) is 47.9 Å². The van der Waals surface area contributed by atoms with Crippen LogP contribution < -0.4 is 47.9 Å². The van der Waals surface area contributed by atoms with E-state index in [9.17, 15) is 57.8 Å². The summed E-state index contributed by atoms with van der Waals surface area (Å²) in [4.78, 5) is 156. The standard InChI is InChI=1S/C48H69N11O14S/c1-9-23(3)38-43(68)51-19-35(62)53-32-22-74-45-28(27-15-25(11-12-29(27)56-45)52-34(61)13-14-49-47(71)73-48(5,6)7)17-30(40(65)50-20-36(63)57-38)54-44(69)39(24(4)10-2)58-42(67)33-16-26(60)21-59(33)46(70)31(55-41(32)66)18-37(64)72-8/h11-12,15,23-24,26,30-33,38-39,56,60H,9-10,13-14,16-22H2,1-8H3,(H,49,71)(H,50,65)(H,51,68)(H,52,61)(H,53,62)(H,54,69)(H,55,66)(H,57,63)(H,58,67)/t23-,24-,26+,30-,31-,32-,33-,38-,39-/m0/s1. The highest BCUT2D eigenvalue weighted by Crippen LogP contribution is 2.34. The van der Waals surface area contributed by atoms with Gasteiger partial charge in [0.15, 0.2) is 0 Å². The van der Waals surface area contributed by atoms with Crippen LogP contribution in [0.4, 0.5) is 10.5 Å². The number of aliphatic hydroxyl groups excluding tert-OH is 1. The molecule has 26 heteroatoms. The number of fused-ring (bicyclic) bond motifs is 5. The molecular formula is C48H69N11O14S. The van der Waals surface area contributed by atoms with Crippen molar-refractivity contribution in [3.63, 3.8) is 0 Å². The van der Waals surface area contributed by atoms with Gasteiger partial charge in [0.25, 0.3) is 0 Å². The number of methoxy groups -OCH3 is 1. The Balaban J connectivity index is 1.67. The Morgan fingerprint density at radius 2 is 1.47 bits per heavy atom. The van der Waals surface area contributed by atoms with Crippen LogP contribution in [-0.4, -0.2) is 167 Å². The van der Waals surface area contributed by atoms with Crippen LogP contribution in [0.3, 0.4) is 0 Å². The number of aromatic amines is 1. The van der Waals surface area contributed by atoms with Gasteiger partial charge in [0, 0.05) is 54.7 Å². The van der Waals surface area contributed by atoms with E-state index in [1.54, 1.807) is 66.7 Å². The Hall–Kier alpha value is -6.96. The van der Waals surface area contributed by atoms with Crippen LogP contribution in [0.2, 0.25) is 0 Å². The number of thioether (sulfide) groups is 1. The van der Waals surface area contributed by atoms with E-state index in [2.05, 4.69) is 52.8 Å². The first-order valence-electron chi connectivity index (χ1n) is 24.6. The molecule has 1 fully saturated rings. The summed E-state index contributed by atoms with van der Waals surface area (Å²) in [7, 11) is 1.06. The number of aliphatic hydroxyl groups is 1. The van der Waals surface area contributed by atoms with E-state index in [0.717, 1.165) is 23.8 Å². The number of alkyl carbamates (subject to hydrolysis) is 1. The highest BCUT2D eigenvalue weighted by Gasteiger charge is 2.44. The second kappa shape index (κ2) is 25.8. The third kappa shape index (κ3) is 15.8. The minimum atomic E-state index is -1.71. The number of amides is 10. The summed E-state index contributed by atoms with van der Waals surface area (Å²) in [5, 5.41) is 35.1. The van der Waals surface area contributed by atoms with Gasteiger partial charge in [-0.2, -0.15) is 0 Å². The van der Waals surface area contributed by atoms with E-state index in [1.807, 2.05) is 0 Å². The first-order valence-corrected chi connectivity index (χ1v) is 25.5. The molecule has 0 unspecified atom stereocenters. The van der Waals surface area contributed by atoms with Gasteiger partial charge in [-0.25, -0.2) is 4.79 Å². The van der Waals surface area contributed by atoms with Gasteiger partial charge in [0.1, 0.15) is 41.9 Å². The van der Waals surface area contributed by atoms with Crippen molar-refractivity contribution in [3.05, 3.63) is 23.8 Å². The fourth-order valence-corrected chi connectivity index (χ4v) is 9.50. The smallest absolute Gasteiger partial charge is 0.407 e. The maximum absolute atomic E-state index is 14.6. The van der Waals surface area contributed by atoms with E-state index in [0.29, 0.717) is 34.3 Å². The molecule has 1 aromatic carbocycles. The first-order chi connectivity index (χ1) is 34.9. The number of anilines is 1. The molecule has 3 aliphatic rings. The molecule has 0 spiro atoms. The van der Waals surface area contributed by atoms with Crippen LogP contribution in [-0.2, 0) is 63.8 Å². The SMILES string of the molecule is CC[C@H](C)[C@@H]1NC(=O)CNC(=O)[C@@H]2Cc3c([nH]c4ccc(NC(=O)CCNC(=O)OC(C)(C)C)cc34)SC[C@H](NC(=O)CNC1=O)C(=O)N[C@@H](CC(=O)OC)C(=O)N1C[C@H](O)C[C@H]1C(=O)N[C@@H]([C@@H](C)CC)C(=O)N2. The first kappa shape index (κ1) is 57.9. The van der Waals surface area contributed by atoms with Crippen LogP contribution in [0.1, 0.15) is 86.1 Å². The molecule has 9 atom stereocenters. The maximum Gasteiger partial charge on any atom is 0.407 e. The Bertz CT molecular complexity index is 2480. The summed E-state index contributed by atoms with van der Waals surface area (Å²) in [5.41, 5.74) is 0.337. The van der Waals surface area contributed by atoms with Crippen molar-refractivity contribution < 1.29 is 67.3 Å². The van der Waals surface area contributed by atoms with Gasteiger partial charge in [-0.05, 0) is 56.4 Å². The van der Waals surface area contributed by atoms with Gasteiger partial charge in [0.05, 0.1) is 37.8 Å². The fraction of sp³-hybridized carbons (Fsp3) is 0.604. The molecule has 10 amide bonds. The largest absolute Gasteiger partial charge is 0.469 e. The number of rotatable bonds is 10. The molecule has 74 heavy (non-hydrogen) atoms. The number of ether oxygens (including phenoxy) is 2. The summed E-state index contributed by atoms with van der Waals surface area (Å²) < 4.78 is 10.1. The number of aromatic nitrogens is 1. The lowest BCUT2D eigenvalue weighted by atomic mass is 9.96. The number of hydrogen-bond donors (Lipinski definition) is 11. The van der Waals surface area contributed by atoms with Crippen molar-refractivity contribution in [2.24, 2.45) is 11.8 Å². The predicted octanol–water partition coefficient (Wildman–Crippen LogP) is -1.04. The van der Waals surface area contributed by atoms with E-state index in [1.165, 1.54) is 0 Å². The molecule has 5 rings (SSSR count). The van der Waals surface area contributed by atoms with Gasteiger partial charge in [-0.1, -0.05) is 40.5 Å². The lowest BCUT2D eigenvalue weighted by Crippen LogP contribution is -2.61. The molecule has 4 heterocycles. The van der Waals surface area contributed by atoms with Gasteiger partial charge in [-0.15, -0.1) is 11.8 Å². The average Bonchev–Trinajstić information content (AvgIpc) is 3.91. The van der Waals surface area contributed by atoms with Crippen molar-refractivity contribution in [1.82, 2.24) is 52.4 Å². The highest BCUT2D eigenvalue weighted by atomic mass is 32.2. The Morgan fingerprint density at radius 1 is 0.824 bits per heavy atom. The van der Waals surface area contributed by atoms with E-state index >= 15 is 0 Å². The molecule has 25 nitrogen and oxygen atoms in total. The zero-order valence-corrected chi connectivity index (χ0v) is 43.6. The van der Waals surface area contributed by atoms with Crippen LogP contribution in [0.5, 0.6) is 0 Å². The van der Waals surface area contributed by atoms with Gasteiger partial charge >= 0.3 is 12.1 Å². The number of H-pyrrole nitrogens is 1. The Kier molecular flexibility index (Phi) is 20.2. The quantitative estimate of drug-likeness (QED) is 0.127. The minimum absolute atomic E-state index is 0.0554. The number of carbonyl (C=O) groups excluding carboxylic acids is 11. The molecule has 0 aliphatic carbocycles. The highest BCUT2D eigenvalue weighted by molar-refractivity contribution is 7.99. The van der Waals surface area contributed by atoms with E-state index < -0.39 is 151 Å². The monoisotopic (exact) mass is 1060 g/mol. The van der Waals surface area contributed by atoms with Gasteiger partial charge in [0.2, 0.25) is 53.2 Å². The lowest BCUT2D eigenvalue weighted by Gasteiger charge is -2.32. The summed E-state index contributed by atoms with van der Waals surface area (Å²) in [5.74, 6) is -9.66. The predicted molar refractivity (Wildman–Crippen MR) is 268 cm³/mol. The fourth-order valence-electron chi connectivity index (χ4n) is 8.39. The van der Waals surface area contributed by atoms with E-state index in [-0.39, 0.29) is 37.2 Å². The van der Waals surface area contributed by atoms with Crippen molar-refractivity contribution in [1.29, 1.82) is 0 Å². The molecular weight excluding hydrogens is 987 g/mol. The van der Waals surface area contributed by atoms with Crippen LogP contribution in [0, 0.1) is 11.8 Å². The molecule has 2 aromatic rings. The second-order valence-electron chi connectivity index (χ2n) is 19.6. The molecule has 0 radical (unpaired) electrons. The summed E-state index contributed by atoms with van der Waals surface area (Å²) in [6, 6.07) is -3.88. The minimum Gasteiger partial charge on any atom is -0.469 e. The third-order valence-corrected chi connectivity index (χ3v) is 13.9. The summed E-state index contributed by atoms with van der Waals surface area (Å²) >= 11 is 0.985.